The Labute approximate surface area is 60.0 Å². The molecule has 3 rings (SSSR count). The van der Waals surface area contributed by atoms with Crippen LogP contribution in [0.1, 0.15) is 19.3 Å². The average molecular weight is 141 g/mol. The van der Waals surface area contributed by atoms with E-state index in [4.69, 9.17) is 4.74 Å². The zero-order valence-corrected chi connectivity index (χ0v) is 6.04. The van der Waals surface area contributed by atoms with Gasteiger partial charge in [0, 0.05) is 18.9 Å². The van der Waals surface area contributed by atoms with Gasteiger partial charge in [-0.3, -0.25) is 9.69 Å². The first kappa shape index (κ1) is 6.16. The molecule has 3 heterocycles. The molecule has 0 radical (unpaired) electrons. The van der Waals surface area contributed by atoms with Gasteiger partial charge in [-0.25, -0.2) is 0 Å². The fraction of sp³-hybridized carbons (Fsp3) is 0.857. The number of nitrogens with zero attached hydrogens (tertiary/aromatic N) is 1. The number of carbonyl (C=O) groups excluding carboxylic acids is 1. The van der Waals surface area contributed by atoms with Crippen molar-refractivity contribution in [2.45, 2.75) is 31.5 Å². The average Bonchev–Trinajstić information content (AvgIpc) is 2.17. The van der Waals surface area contributed by atoms with E-state index >= 15 is 0 Å². The van der Waals surface area contributed by atoms with Gasteiger partial charge < -0.3 is 4.74 Å². The lowest BCUT2D eigenvalue weighted by molar-refractivity contribution is -0.168. The Bertz CT molecular complexity index is 169. The zero-order chi connectivity index (χ0) is 7.14. The summed E-state index contributed by atoms with van der Waals surface area (Å²) >= 11 is 0. The van der Waals surface area contributed by atoms with Crippen molar-refractivity contribution < 1.29 is 9.53 Å². The topological polar surface area (TPSA) is 29.5 Å². The second-order valence-electron chi connectivity index (χ2n) is 3.04. The molecule has 0 N–H and O–H groups in total. The highest BCUT2D eigenvalue weighted by molar-refractivity contribution is 5.70. The molecule has 0 aromatic carbocycles. The number of rotatable bonds is 0. The van der Waals surface area contributed by atoms with Crippen molar-refractivity contribution >= 4 is 5.97 Å². The Kier molecular flexibility index (Phi) is 1.20. The van der Waals surface area contributed by atoms with E-state index in [1.807, 2.05) is 7.05 Å². The van der Waals surface area contributed by atoms with Gasteiger partial charge in [0.25, 0.3) is 0 Å². The first-order chi connectivity index (χ1) is 4.77. The van der Waals surface area contributed by atoms with Gasteiger partial charge in [-0.2, -0.15) is 0 Å². The number of hydrogen-bond donors (Lipinski definition) is 0. The van der Waals surface area contributed by atoms with Crippen molar-refractivity contribution in [3.05, 3.63) is 0 Å². The molecular formula is C7H11NO2. The van der Waals surface area contributed by atoms with E-state index in [0.29, 0.717) is 12.5 Å². The van der Waals surface area contributed by atoms with Crippen molar-refractivity contribution in [3.8, 4) is 0 Å². The summed E-state index contributed by atoms with van der Waals surface area (Å²) in [6, 6.07) is 0.608. The van der Waals surface area contributed by atoms with E-state index in [-0.39, 0.29) is 12.2 Å². The molecule has 3 heteroatoms. The lowest BCUT2D eigenvalue weighted by atomic mass is 9.99. The maximum atomic E-state index is 10.8. The highest BCUT2D eigenvalue weighted by Crippen LogP contribution is 2.31. The molecule has 0 aromatic heterocycles. The van der Waals surface area contributed by atoms with Gasteiger partial charge in [0.05, 0.1) is 0 Å². The maximum Gasteiger partial charge on any atom is 0.307 e. The summed E-state index contributed by atoms with van der Waals surface area (Å²) in [5.74, 6) is -0.0307. The Balaban J connectivity index is 2.08. The van der Waals surface area contributed by atoms with E-state index in [1.54, 1.807) is 0 Å². The third kappa shape index (κ3) is 0.736. The van der Waals surface area contributed by atoms with Crippen LogP contribution in [0.5, 0.6) is 0 Å². The third-order valence-electron chi connectivity index (χ3n) is 2.45. The summed E-state index contributed by atoms with van der Waals surface area (Å²) < 4.78 is 5.08. The van der Waals surface area contributed by atoms with Crippen LogP contribution in [0, 0.1) is 0 Å². The highest BCUT2D eigenvalue weighted by Gasteiger charge is 2.40. The molecule has 56 valence electrons. The molecule has 0 aromatic rings. The number of carbonyl (C=O) groups is 1. The second-order valence-corrected chi connectivity index (χ2v) is 3.04. The lowest BCUT2D eigenvalue weighted by Gasteiger charge is -2.42. The van der Waals surface area contributed by atoms with Gasteiger partial charge in [0.1, 0.15) is 0 Å². The molecule has 0 aliphatic carbocycles. The Morgan fingerprint density at radius 2 is 2.50 bits per heavy atom. The minimum absolute atomic E-state index is 0.0307. The Morgan fingerprint density at radius 1 is 1.70 bits per heavy atom. The molecule has 2 atom stereocenters. The molecule has 2 unspecified atom stereocenters. The van der Waals surface area contributed by atoms with Gasteiger partial charge in [-0.15, -0.1) is 0 Å². The Morgan fingerprint density at radius 3 is 3.20 bits per heavy atom. The van der Waals surface area contributed by atoms with Crippen LogP contribution in [-0.2, 0) is 9.53 Å². The van der Waals surface area contributed by atoms with Crippen LogP contribution >= 0.6 is 0 Å². The van der Waals surface area contributed by atoms with E-state index in [0.717, 1.165) is 12.8 Å². The molecule has 3 aliphatic rings. The van der Waals surface area contributed by atoms with Crippen LogP contribution in [0.25, 0.3) is 0 Å². The van der Waals surface area contributed by atoms with Crippen LogP contribution in [-0.4, -0.2) is 30.2 Å². The molecule has 3 fully saturated rings. The fourth-order valence-corrected chi connectivity index (χ4v) is 1.61. The van der Waals surface area contributed by atoms with Crippen molar-refractivity contribution in [2.75, 3.05) is 7.05 Å². The van der Waals surface area contributed by atoms with E-state index < -0.39 is 0 Å². The zero-order valence-electron chi connectivity index (χ0n) is 6.04. The minimum Gasteiger partial charge on any atom is -0.446 e. The van der Waals surface area contributed by atoms with Crippen LogP contribution in [0.3, 0.4) is 0 Å². The van der Waals surface area contributed by atoms with Crippen molar-refractivity contribution in [2.24, 2.45) is 0 Å². The molecule has 0 spiro atoms. The van der Waals surface area contributed by atoms with E-state index in [1.165, 1.54) is 0 Å². The molecule has 3 aliphatic heterocycles. The third-order valence-corrected chi connectivity index (χ3v) is 2.45. The normalized spacial score (nSPS) is 39.9. The Hall–Kier alpha value is -0.570. The van der Waals surface area contributed by atoms with Gasteiger partial charge in [0.15, 0.2) is 6.23 Å². The van der Waals surface area contributed by atoms with Crippen LogP contribution < -0.4 is 0 Å². The van der Waals surface area contributed by atoms with Gasteiger partial charge >= 0.3 is 5.97 Å². The standard InChI is InChI=1S/C7H11NO2/c1-8-5-2-3-7(9)10-6(8)4-5/h5-6H,2-4H2,1H3. The largest absolute Gasteiger partial charge is 0.446 e. The van der Waals surface area contributed by atoms with E-state index in [2.05, 4.69) is 4.90 Å². The van der Waals surface area contributed by atoms with Gasteiger partial charge in [0.2, 0.25) is 0 Å². The summed E-state index contributed by atoms with van der Waals surface area (Å²) in [6.45, 7) is 0. The van der Waals surface area contributed by atoms with Crippen LogP contribution in [0.4, 0.5) is 0 Å². The van der Waals surface area contributed by atoms with Crippen molar-refractivity contribution in [3.63, 3.8) is 0 Å². The molecule has 3 saturated heterocycles. The smallest absolute Gasteiger partial charge is 0.307 e. The monoisotopic (exact) mass is 141 g/mol. The molecule has 0 saturated carbocycles. The first-order valence-corrected chi connectivity index (χ1v) is 3.69. The molecular weight excluding hydrogens is 130 g/mol. The number of hydrogen-bond acceptors (Lipinski definition) is 3. The SMILES string of the molecule is CN1C2CCC(=O)OC1C2. The van der Waals surface area contributed by atoms with E-state index in [9.17, 15) is 4.79 Å². The summed E-state index contributed by atoms with van der Waals surface area (Å²) in [7, 11) is 2.01. The van der Waals surface area contributed by atoms with Crippen molar-refractivity contribution in [1.82, 2.24) is 4.90 Å². The first-order valence-electron chi connectivity index (χ1n) is 3.69. The fourth-order valence-electron chi connectivity index (χ4n) is 1.61. The van der Waals surface area contributed by atoms with Gasteiger partial charge in [-0.1, -0.05) is 0 Å². The molecule has 0 amide bonds. The minimum atomic E-state index is -0.0307. The lowest BCUT2D eigenvalue weighted by Crippen LogP contribution is -2.53. The molecule has 3 nitrogen and oxygen atoms in total. The quantitative estimate of drug-likeness (QED) is 0.456. The number of esters is 1. The second kappa shape index (κ2) is 1.95. The maximum absolute atomic E-state index is 10.8. The summed E-state index contributed by atoms with van der Waals surface area (Å²) in [4.78, 5) is 12.9. The van der Waals surface area contributed by atoms with Crippen molar-refractivity contribution in [1.29, 1.82) is 0 Å². The highest BCUT2D eigenvalue weighted by atomic mass is 16.6. The van der Waals surface area contributed by atoms with Crippen LogP contribution in [0.15, 0.2) is 0 Å². The number of fused-ring (bicyclic) bond motifs is 3. The summed E-state index contributed by atoms with van der Waals surface area (Å²) in [5.41, 5.74) is 0. The number of ether oxygens (including phenoxy) is 1. The van der Waals surface area contributed by atoms with Gasteiger partial charge in [-0.05, 0) is 13.5 Å². The predicted molar refractivity (Wildman–Crippen MR) is 35.3 cm³/mol. The molecule has 10 heavy (non-hydrogen) atoms. The summed E-state index contributed by atoms with van der Waals surface area (Å²) in [6.07, 6.45) is 2.72. The predicted octanol–water partition coefficient (Wildman–Crippen LogP) is 0.354. The molecule has 2 bridgehead atoms. The summed E-state index contributed by atoms with van der Waals surface area (Å²) in [5, 5.41) is 0. The van der Waals surface area contributed by atoms with Crippen LogP contribution in [0.2, 0.25) is 0 Å².